The number of nitrogens with zero attached hydrogens (tertiary/aromatic N) is 1. The Kier molecular flexibility index (Phi) is 3.62. The van der Waals surface area contributed by atoms with Crippen molar-refractivity contribution >= 4 is 12.0 Å². The number of aromatic nitrogens is 1. The largest absolute Gasteiger partial charge is 0.428 e. The Morgan fingerprint density at radius 3 is 2.86 bits per heavy atom. The van der Waals surface area contributed by atoms with E-state index >= 15 is 0 Å². The van der Waals surface area contributed by atoms with E-state index in [9.17, 15) is 9.90 Å². The summed E-state index contributed by atoms with van der Waals surface area (Å²) in [6.07, 6.45) is 1.49. The highest BCUT2D eigenvalue weighted by atomic mass is 16.4. The van der Waals surface area contributed by atoms with Crippen LogP contribution in [0.1, 0.15) is 29.0 Å². The van der Waals surface area contributed by atoms with Crippen molar-refractivity contribution in [2.75, 3.05) is 11.9 Å². The lowest BCUT2D eigenvalue weighted by atomic mass is 9.93. The second kappa shape index (κ2) is 5.46. The summed E-state index contributed by atoms with van der Waals surface area (Å²) in [7, 11) is 0. The first-order valence-corrected chi connectivity index (χ1v) is 7.26. The summed E-state index contributed by atoms with van der Waals surface area (Å²) < 4.78 is 5.34. The Morgan fingerprint density at radius 1 is 1.41 bits per heavy atom. The van der Waals surface area contributed by atoms with Gasteiger partial charge >= 0.3 is 12.0 Å². The third kappa shape index (κ3) is 2.46. The van der Waals surface area contributed by atoms with Crippen molar-refractivity contribution in [3.05, 3.63) is 46.8 Å². The van der Waals surface area contributed by atoms with Crippen LogP contribution in [0.5, 0.6) is 0 Å². The maximum absolute atomic E-state index is 12.2. The zero-order valence-electron chi connectivity index (χ0n) is 12.6. The van der Waals surface area contributed by atoms with E-state index in [2.05, 4.69) is 15.6 Å². The van der Waals surface area contributed by atoms with Crippen LogP contribution in [-0.2, 0) is 12.0 Å². The first-order chi connectivity index (χ1) is 10.5. The number of aliphatic hydroxyl groups is 1. The molecule has 1 heterocycles. The van der Waals surface area contributed by atoms with Crippen molar-refractivity contribution in [1.82, 2.24) is 10.3 Å². The van der Waals surface area contributed by atoms with E-state index in [1.54, 1.807) is 6.92 Å². The van der Waals surface area contributed by atoms with E-state index in [-0.39, 0.29) is 12.6 Å². The number of rotatable bonds is 3. The monoisotopic (exact) mass is 301 g/mol. The Labute approximate surface area is 128 Å². The van der Waals surface area contributed by atoms with Gasteiger partial charge in [0.15, 0.2) is 0 Å². The maximum Gasteiger partial charge on any atom is 0.323 e. The molecule has 2 aromatic rings. The van der Waals surface area contributed by atoms with Gasteiger partial charge in [-0.25, -0.2) is 4.79 Å². The number of urea groups is 1. The second-order valence-corrected chi connectivity index (χ2v) is 5.64. The fraction of sp³-hybridized carbons (Fsp3) is 0.375. The molecular weight excluding hydrogens is 282 g/mol. The van der Waals surface area contributed by atoms with Crippen LogP contribution in [0, 0.1) is 13.8 Å². The molecule has 1 aliphatic rings. The lowest BCUT2D eigenvalue weighted by molar-refractivity contribution is 0.163. The van der Waals surface area contributed by atoms with Crippen LogP contribution in [0.15, 0.2) is 28.7 Å². The topological polar surface area (TPSA) is 87.4 Å². The second-order valence-electron chi connectivity index (χ2n) is 5.64. The molecule has 22 heavy (non-hydrogen) atoms. The van der Waals surface area contributed by atoms with Crippen LogP contribution in [-0.4, -0.2) is 22.7 Å². The summed E-state index contributed by atoms with van der Waals surface area (Å²) in [5.41, 5.74) is 2.10. The van der Waals surface area contributed by atoms with Crippen LogP contribution in [0.2, 0.25) is 0 Å². The molecule has 0 radical (unpaired) electrons. The Hall–Kier alpha value is -2.34. The number of carbonyl (C=O) groups is 1. The Morgan fingerprint density at radius 2 is 2.18 bits per heavy atom. The number of aliphatic hydroxyl groups excluding tert-OH is 1. The number of aryl methyl sites for hydroxylation is 3. The molecule has 1 aromatic heterocycles. The predicted molar refractivity (Wildman–Crippen MR) is 81.7 cm³/mol. The number of amides is 2. The van der Waals surface area contributed by atoms with Crippen LogP contribution in [0.3, 0.4) is 0 Å². The van der Waals surface area contributed by atoms with E-state index in [0.717, 1.165) is 23.2 Å². The number of nitrogens with one attached hydrogen (secondary N) is 2. The summed E-state index contributed by atoms with van der Waals surface area (Å²) in [5, 5.41) is 15.3. The van der Waals surface area contributed by atoms with E-state index in [1.807, 2.05) is 31.2 Å². The molecule has 0 unspecified atom stereocenters. The van der Waals surface area contributed by atoms with Gasteiger partial charge in [-0.2, -0.15) is 4.98 Å². The molecule has 0 fully saturated rings. The standard InChI is InChI=1S/C16H19N3O3/c1-10-11(2)22-15(17-10)18-14(21)19-16(9-20)8-7-12-5-3-4-6-13(12)16/h3-6,20H,7-9H2,1-2H3,(H2,17,18,19,21)/t16-/m1/s1. The number of benzene rings is 1. The molecule has 1 aliphatic carbocycles. The molecule has 6 heteroatoms. The van der Waals surface area contributed by atoms with Gasteiger partial charge in [-0.1, -0.05) is 24.3 Å². The molecule has 0 aliphatic heterocycles. The van der Waals surface area contributed by atoms with Crippen molar-refractivity contribution < 1.29 is 14.3 Å². The minimum Gasteiger partial charge on any atom is -0.428 e. The normalized spacial score (nSPS) is 19.8. The van der Waals surface area contributed by atoms with E-state index in [4.69, 9.17) is 4.42 Å². The average molecular weight is 301 g/mol. The predicted octanol–water partition coefficient (Wildman–Crippen LogP) is 2.25. The van der Waals surface area contributed by atoms with Crippen LogP contribution >= 0.6 is 0 Å². The number of anilines is 1. The van der Waals surface area contributed by atoms with Gasteiger partial charge < -0.3 is 14.8 Å². The van der Waals surface area contributed by atoms with Gasteiger partial charge in [0.25, 0.3) is 0 Å². The fourth-order valence-electron chi connectivity index (χ4n) is 2.89. The first kappa shape index (κ1) is 14.6. The fourth-order valence-corrected chi connectivity index (χ4v) is 2.89. The lowest BCUT2D eigenvalue weighted by Crippen LogP contribution is -2.48. The molecule has 0 saturated heterocycles. The minimum atomic E-state index is -0.753. The molecular formula is C16H19N3O3. The molecule has 1 atom stereocenters. The first-order valence-electron chi connectivity index (χ1n) is 7.26. The van der Waals surface area contributed by atoms with Crippen LogP contribution in [0.4, 0.5) is 10.8 Å². The van der Waals surface area contributed by atoms with Crippen LogP contribution < -0.4 is 10.6 Å². The molecule has 0 bridgehead atoms. The van der Waals surface area contributed by atoms with E-state index in [1.165, 1.54) is 0 Å². The Balaban J connectivity index is 1.77. The molecule has 1 aromatic carbocycles. The minimum absolute atomic E-state index is 0.152. The van der Waals surface area contributed by atoms with Crippen molar-refractivity contribution in [3.8, 4) is 0 Å². The summed E-state index contributed by atoms with van der Waals surface area (Å²) in [5.74, 6) is 0.665. The summed E-state index contributed by atoms with van der Waals surface area (Å²) >= 11 is 0. The summed E-state index contributed by atoms with van der Waals surface area (Å²) in [6.45, 7) is 3.44. The molecule has 3 N–H and O–H groups in total. The van der Waals surface area contributed by atoms with Gasteiger partial charge in [-0.05, 0) is 37.8 Å². The van der Waals surface area contributed by atoms with E-state index < -0.39 is 11.6 Å². The SMILES string of the molecule is Cc1nc(NC(=O)N[C@@]2(CO)CCc3ccccc32)oc1C. The molecule has 3 rings (SSSR count). The van der Waals surface area contributed by atoms with Crippen molar-refractivity contribution in [2.45, 2.75) is 32.2 Å². The third-order valence-electron chi connectivity index (χ3n) is 4.23. The lowest BCUT2D eigenvalue weighted by Gasteiger charge is -2.29. The van der Waals surface area contributed by atoms with E-state index in [0.29, 0.717) is 12.2 Å². The molecule has 116 valence electrons. The molecule has 0 saturated carbocycles. The van der Waals surface area contributed by atoms with Crippen molar-refractivity contribution in [2.24, 2.45) is 0 Å². The molecule has 6 nitrogen and oxygen atoms in total. The molecule has 0 spiro atoms. The number of oxazole rings is 1. The number of carbonyl (C=O) groups excluding carboxylic acids is 1. The van der Waals surface area contributed by atoms with Gasteiger partial charge in [0, 0.05) is 0 Å². The van der Waals surface area contributed by atoms with Crippen molar-refractivity contribution in [3.63, 3.8) is 0 Å². The van der Waals surface area contributed by atoms with Gasteiger partial charge in [-0.15, -0.1) is 0 Å². The quantitative estimate of drug-likeness (QED) is 0.811. The number of hydrogen-bond acceptors (Lipinski definition) is 4. The highest BCUT2D eigenvalue weighted by Crippen LogP contribution is 2.36. The zero-order valence-corrected chi connectivity index (χ0v) is 12.6. The average Bonchev–Trinajstić information content (AvgIpc) is 3.01. The highest BCUT2D eigenvalue weighted by Gasteiger charge is 2.39. The van der Waals surface area contributed by atoms with Crippen LogP contribution in [0.25, 0.3) is 0 Å². The maximum atomic E-state index is 12.2. The Bertz CT molecular complexity index is 691. The van der Waals surface area contributed by atoms with Gasteiger partial charge in [0.1, 0.15) is 5.76 Å². The van der Waals surface area contributed by atoms with Gasteiger partial charge in [-0.3, -0.25) is 5.32 Å². The summed E-state index contributed by atoms with van der Waals surface area (Å²) in [6, 6.07) is 7.56. The zero-order chi connectivity index (χ0) is 15.7. The summed E-state index contributed by atoms with van der Waals surface area (Å²) in [4.78, 5) is 16.3. The van der Waals surface area contributed by atoms with Gasteiger partial charge in [0.05, 0.1) is 17.8 Å². The van der Waals surface area contributed by atoms with Crippen molar-refractivity contribution in [1.29, 1.82) is 0 Å². The smallest absolute Gasteiger partial charge is 0.323 e. The number of fused-ring (bicyclic) bond motifs is 1. The number of hydrogen-bond donors (Lipinski definition) is 3. The highest BCUT2D eigenvalue weighted by molar-refractivity contribution is 5.88. The third-order valence-corrected chi connectivity index (χ3v) is 4.23. The van der Waals surface area contributed by atoms with Gasteiger partial charge in [0.2, 0.25) is 0 Å². The molecule has 2 amide bonds.